The van der Waals surface area contributed by atoms with Crippen LogP contribution in [-0.4, -0.2) is 23.2 Å². The fourth-order valence-electron chi connectivity index (χ4n) is 0.847. The number of aromatic nitrogens is 2. The first-order valence-corrected chi connectivity index (χ1v) is 3.33. The predicted molar refractivity (Wildman–Crippen MR) is 47.3 cm³/mol. The quantitative estimate of drug-likeness (QED) is 0.283. The number of nitrogen functional groups attached to an aromatic ring is 1. The largest absolute Gasteiger partial charge is 0.372 e. The molecule has 0 saturated heterocycles. The maximum Gasteiger partial charge on any atom is 0.154 e. The fourth-order valence-corrected chi connectivity index (χ4v) is 0.847. The van der Waals surface area contributed by atoms with Gasteiger partial charge in [-0.1, -0.05) is 0 Å². The van der Waals surface area contributed by atoms with Crippen LogP contribution in [0, 0.1) is 5.41 Å². The molecular weight excluding hydrogens is 156 g/mol. The van der Waals surface area contributed by atoms with Crippen molar-refractivity contribution >= 4 is 17.9 Å². The number of anilines is 2. The van der Waals surface area contributed by atoms with Gasteiger partial charge >= 0.3 is 0 Å². The fraction of sp³-hybridized carbons (Fsp3) is 0.167. The van der Waals surface area contributed by atoms with Crippen molar-refractivity contribution in [3.63, 3.8) is 0 Å². The minimum absolute atomic E-state index is 0.435. The number of hydrogen-bond donors (Lipinski definition) is 4. The van der Waals surface area contributed by atoms with Crippen LogP contribution in [0.2, 0.25) is 0 Å². The first kappa shape index (κ1) is 8.41. The summed E-state index contributed by atoms with van der Waals surface area (Å²) in [6, 6.07) is 0. The van der Waals surface area contributed by atoms with Gasteiger partial charge in [0.15, 0.2) is 5.82 Å². The highest BCUT2D eigenvalue weighted by Gasteiger charge is 2.05. The van der Waals surface area contributed by atoms with E-state index in [9.17, 15) is 0 Å². The summed E-state index contributed by atoms with van der Waals surface area (Å²) in [6.45, 7) is 0. The van der Waals surface area contributed by atoms with Crippen LogP contribution in [0.5, 0.6) is 0 Å². The van der Waals surface area contributed by atoms with Crippen molar-refractivity contribution in [3.8, 4) is 0 Å². The molecule has 0 atom stereocenters. The molecule has 1 aromatic rings. The van der Waals surface area contributed by atoms with Gasteiger partial charge in [-0.05, 0) is 0 Å². The first-order chi connectivity index (χ1) is 5.83. The highest BCUT2D eigenvalue weighted by atomic mass is 15.3. The molecule has 12 heavy (non-hydrogen) atoms. The minimum atomic E-state index is 0.435. The van der Waals surface area contributed by atoms with E-state index >= 15 is 0 Å². The second-order valence-corrected chi connectivity index (χ2v) is 2.02. The van der Waals surface area contributed by atoms with Crippen molar-refractivity contribution in [2.75, 3.05) is 17.8 Å². The highest BCUT2D eigenvalue weighted by Crippen LogP contribution is 2.14. The van der Waals surface area contributed by atoms with E-state index in [4.69, 9.17) is 11.3 Å². The Labute approximate surface area is 69.7 Å². The van der Waals surface area contributed by atoms with Gasteiger partial charge < -0.3 is 16.2 Å². The van der Waals surface area contributed by atoms with Crippen molar-refractivity contribution in [1.82, 2.24) is 9.97 Å². The number of rotatable bonds is 3. The van der Waals surface area contributed by atoms with E-state index < -0.39 is 0 Å². The lowest BCUT2D eigenvalue weighted by Crippen LogP contribution is -2.13. The molecule has 1 aromatic heterocycles. The second-order valence-electron chi connectivity index (χ2n) is 2.02. The van der Waals surface area contributed by atoms with Crippen molar-refractivity contribution in [2.45, 2.75) is 0 Å². The van der Waals surface area contributed by atoms with E-state index in [1.165, 1.54) is 6.33 Å². The van der Waals surface area contributed by atoms with E-state index in [-0.39, 0.29) is 0 Å². The molecule has 0 amide bonds. The van der Waals surface area contributed by atoms with Crippen molar-refractivity contribution in [3.05, 3.63) is 11.9 Å². The summed E-state index contributed by atoms with van der Waals surface area (Å²) in [6.07, 6.45) is 2.51. The van der Waals surface area contributed by atoms with Crippen LogP contribution in [0.4, 0.5) is 11.6 Å². The summed E-state index contributed by atoms with van der Waals surface area (Å²) in [5, 5.41) is 9.91. The number of nitrogens with zero attached hydrogens (tertiary/aromatic N) is 2. The molecule has 0 fully saturated rings. The number of nitrogens with one attached hydrogen (secondary N) is 3. The van der Waals surface area contributed by atoms with Crippen LogP contribution in [0.1, 0.15) is 5.56 Å². The molecule has 0 aliphatic carbocycles. The van der Waals surface area contributed by atoms with Gasteiger partial charge in [0.2, 0.25) is 0 Å². The molecule has 0 aromatic carbocycles. The molecule has 6 nitrogen and oxygen atoms in total. The predicted octanol–water partition coefficient (Wildman–Crippen LogP) is -0.198. The second kappa shape index (κ2) is 3.63. The van der Waals surface area contributed by atoms with Crippen LogP contribution in [-0.2, 0) is 0 Å². The third-order valence-corrected chi connectivity index (χ3v) is 1.40. The van der Waals surface area contributed by atoms with E-state index in [0.29, 0.717) is 17.2 Å². The molecular formula is C6H10N6. The number of hydrazine groups is 1. The maximum absolute atomic E-state index is 7.09. The average molecular weight is 166 g/mol. The van der Waals surface area contributed by atoms with Gasteiger partial charge in [0, 0.05) is 13.3 Å². The third kappa shape index (κ3) is 1.32. The molecule has 6 heteroatoms. The standard InChI is InChI=1S/C6H10N6/c1-9-5-4(2-7)6(12-8)11-3-10-5/h2-3,7H,8H2,1H3,(H2,9,10,11,12). The summed E-state index contributed by atoms with van der Waals surface area (Å²) in [5.74, 6) is 6.19. The number of nitrogens with two attached hydrogens (primary N) is 1. The molecule has 5 N–H and O–H groups in total. The number of hydrogen-bond acceptors (Lipinski definition) is 6. The Morgan fingerprint density at radius 2 is 2.17 bits per heavy atom. The van der Waals surface area contributed by atoms with Gasteiger partial charge in [0.1, 0.15) is 12.1 Å². The van der Waals surface area contributed by atoms with Crippen molar-refractivity contribution in [1.29, 1.82) is 5.41 Å². The minimum Gasteiger partial charge on any atom is -0.372 e. The van der Waals surface area contributed by atoms with Gasteiger partial charge in [-0.15, -0.1) is 0 Å². The van der Waals surface area contributed by atoms with E-state index in [1.54, 1.807) is 7.05 Å². The molecule has 0 radical (unpaired) electrons. The lowest BCUT2D eigenvalue weighted by molar-refractivity contribution is 1.12. The SMILES string of the molecule is CNc1ncnc(NN)c1C=N. The lowest BCUT2D eigenvalue weighted by atomic mass is 10.3. The average Bonchev–Trinajstić information content (AvgIpc) is 2.16. The van der Waals surface area contributed by atoms with Crippen LogP contribution in [0.25, 0.3) is 0 Å². The summed E-state index contributed by atoms with van der Waals surface area (Å²) in [5.41, 5.74) is 2.92. The van der Waals surface area contributed by atoms with Crippen molar-refractivity contribution in [2.24, 2.45) is 5.84 Å². The molecule has 1 heterocycles. The topological polar surface area (TPSA) is 99.7 Å². The van der Waals surface area contributed by atoms with E-state index in [0.717, 1.165) is 6.21 Å². The normalized spacial score (nSPS) is 9.17. The molecule has 0 unspecified atom stereocenters. The van der Waals surface area contributed by atoms with E-state index in [1.807, 2.05) is 0 Å². The lowest BCUT2D eigenvalue weighted by Gasteiger charge is -2.06. The van der Waals surface area contributed by atoms with Gasteiger partial charge in [0.05, 0.1) is 5.56 Å². The zero-order valence-electron chi connectivity index (χ0n) is 6.63. The smallest absolute Gasteiger partial charge is 0.154 e. The van der Waals surface area contributed by atoms with Crippen molar-refractivity contribution < 1.29 is 0 Å². The Bertz CT molecular complexity index is 261. The zero-order chi connectivity index (χ0) is 8.97. The molecule has 0 aliphatic rings. The molecule has 0 bridgehead atoms. The molecule has 64 valence electrons. The van der Waals surface area contributed by atoms with Crippen LogP contribution in [0.15, 0.2) is 6.33 Å². The Morgan fingerprint density at radius 1 is 1.50 bits per heavy atom. The van der Waals surface area contributed by atoms with Gasteiger partial charge in [-0.2, -0.15) is 0 Å². The third-order valence-electron chi connectivity index (χ3n) is 1.40. The monoisotopic (exact) mass is 166 g/mol. The Balaban J connectivity index is 3.21. The Morgan fingerprint density at radius 3 is 2.67 bits per heavy atom. The molecule has 0 saturated carbocycles. The van der Waals surface area contributed by atoms with E-state index in [2.05, 4.69) is 20.7 Å². The summed E-state index contributed by atoms with van der Waals surface area (Å²) in [7, 11) is 1.72. The van der Waals surface area contributed by atoms with Gasteiger partial charge in [0.25, 0.3) is 0 Å². The maximum atomic E-state index is 7.09. The van der Waals surface area contributed by atoms with Gasteiger partial charge in [-0.3, -0.25) is 0 Å². The molecule has 1 rings (SSSR count). The Kier molecular flexibility index (Phi) is 2.54. The van der Waals surface area contributed by atoms with Crippen LogP contribution >= 0.6 is 0 Å². The molecule has 0 spiro atoms. The van der Waals surface area contributed by atoms with Crippen LogP contribution < -0.4 is 16.6 Å². The van der Waals surface area contributed by atoms with Crippen LogP contribution in [0.3, 0.4) is 0 Å². The van der Waals surface area contributed by atoms with Gasteiger partial charge in [-0.25, -0.2) is 15.8 Å². The summed E-state index contributed by atoms with van der Waals surface area (Å²) < 4.78 is 0. The summed E-state index contributed by atoms with van der Waals surface area (Å²) >= 11 is 0. The Hall–Kier alpha value is -1.69. The first-order valence-electron chi connectivity index (χ1n) is 3.33. The summed E-state index contributed by atoms with van der Waals surface area (Å²) in [4.78, 5) is 7.75. The molecule has 0 aliphatic heterocycles. The highest BCUT2D eigenvalue weighted by molar-refractivity contribution is 5.90. The zero-order valence-corrected chi connectivity index (χ0v) is 6.63.